The van der Waals surface area contributed by atoms with Gasteiger partial charge in [0, 0.05) is 11.8 Å². The normalized spacial score (nSPS) is 10.5. The van der Waals surface area contributed by atoms with E-state index < -0.39 is 11.8 Å². The maximum absolute atomic E-state index is 14.1. The van der Waals surface area contributed by atoms with E-state index in [2.05, 4.69) is 9.72 Å². The highest BCUT2D eigenvalue weighted by Crippen LogP contribution is 2.36. The van der Waals surface area contributed by atoms with Crippen molar-refractivity contribution >= 4 is 34.9 Å². The molecular formula is C14H12FNO3S2. The Morgan fingerprint density at radius 1 is 1.38 bits per heavy atom. The zero-order valence-electron chi connectivity index (χ0n) is 11.6. The first-order valence-corrected chi connectivity index (χ1v) is 7.96. The molecule has 0 radical (unpaired) electrons. The molecule has 7 heteroatoms. The SMILES string of the molecule is COC(=O)c1nc(-c2c(F)cccc2SC)sc1C(C)=O. The van der Waals surface area contributed by atoms with Crippen LogP contribution in [-0.4, -0.2) is 30.1 Å². The van der Waals surface area contributed by atoms with E-state index in [0.29, 0.717) is 15.5 Å². The summed E-state index contributed by atoms with van der Waals surface area (Å²) < 4.78 is 18.7. The number of thiazole rings is 1. The number of carbonyl (C=O) groups excluding carboxylic acids is 2. The molecule has 110 valence electrons. The standard InChI is InChI=1S/C14H12FNO3S2/c1-7(17)12-11(14(18)19-2)16-13(21-12)10-8(15)5-4-6-9(10)20-3/h4-6H,1-3H3. The van der Waals surface area contributed by atoms with Crippen LogP contribution in [0.2, 0.25) is 0 Å². The molecule has 4 nitrogen and oxygen atoms in total. The van der Waals surface area contributed by atoms with Crippen LogP contribution in [0.1, 0.15) is 27.1 Å². The number of methoxy groups -OCH3 is 1. The fourth-order valence-corrected chi connectivity index (χ4v) is 3.47. The van der Waals surface area contributed by atoms with E-state index in [-0.39, 0.29) is 16.4 Å². The first-order chi connectivity index (χ1) is 9.99. The van der Waals surface area contributed by atoms with Gasteiger partial charge >= 0.3 is 5.97 Å². The Labute approximate surface area is 129 Å². The van der Waals surface area contributed by atoms with Gasteiger partial charge in [0.2, 0.25) is 0 Å². The zero-order chi connectivity index (χ0) is 15.6. The van der Waals surface area contributed by atoms with Gasteiger partial charge in [0.05, 0.1) is 12.7 Å². The highest BCUT2D eigenvalue weighted by atomic mass is 32.2. The van der Waals surface area contributed by atoms with E-state index in [0.717, 1.165) is 11.3 Å². The average Bonchev–Trinajstić information content (AvgIpc) is 2.91. The lowest BCUT2D eigenvalue weighted by Gasteiger charge is -2.04. The molecule has 0 N–H and O–H groups in total. The first kappa shape index (κ1) is 15.7. The molecule has 0 aliphatic carbocycles. The van der Waals surface area contributed by atoms with Gasteiger partial charge in [0.1, 0.15) is 15.7 Å². The molecular weight excluding hydrogens is 313 g/mol. The number of benzene rings is 1. The molecule has 0 amide bonds. The fraction of sp³-hybridized carbons (Fsp3) is 0.214. The predicted molar refractivity (Wildman–Crippen MR) is 80.6 cm³/mol. The number of esters is 1. The maximum atomic E-state index is 14.1. The summed E-state index contributed by atoms with van der Waals surface area (Å²) in [5.74, 6) is -1.45. The van der Waals surface area contributed by atoms with E-state index in [1.165, 1.54) is 31.9 Å². The number of hydrogen-bond acceptors (Lipinski definition) is 6. The number of ketones is 1. The summed E-state index contributed by atoms with van der Waals surface area (Å²) >= 11 is 2.36. The quantitative estimate of drug-likeness (QED) is 0.488. The third kappa shape index (κ3) is 2.98. The van der Waals surface area contributed by atoms with Crippen LogP contribution < -0.4 is 0 Å². The summed E-state index contributed by atoms with van der Waals surface area (Å²) in [5.41, 5.74) is 0.230. The number of Topliss-reactive ketones (excluding diaryl/α,β-unsaturated/α-hetero) is 1. The van der Waals surface area contributed by atoms with Crippen LogP contribution in [0.3, 0.4) is 0 Å². The van der Waals surface area contributed by atoms with Gasteiger partial charge in [-0.3, -0.25) is 4.79 Å². The second-order valence-electron chi connectivity index (χ2n) is 4.06. The molecule has 2 rings (SSSR count). The van der Waals surface area contributed by atoms with Gasteiger partial charge in [0.25, 0.3) is 0 Å². The minimum absolute atomic E-state index is 0.0692. The molecule has 21 heavy (non-hydrogen) atoms. The number of aromatic nitrogens is 1. The Hall–Kier alpha value is -1.73. The summed E-state index contributed by atoms with van der Waals surface area (Å²) in [4.78, 5) is 28.3. The Bertz CT molecular complexity index is 712. The van der Waals surface area contributed by atoms with Gasteiger partial charge in [-0.2, -0.15) is 0 Å². The van der Waals surface area contributed by atoms with Crippen molar-refractivity contribution in [3.63, 3.8) is 0 Å². The van der Waals surface area contributed by atoms with Crippen molar-refractivity contribution in [1.82, 2.24) is 4.98 Å². The van der Waals surface area contributed by atoms with Crippen LogP contribution >= 0.6 is 23.1 Å². The number of ether oxygens (including phenoxy) is 1. The molecule has 0 aliphatic rings. The largest absolute Gasteiger partial charge is 0.464 e. The van der Waals surface area contributed by atoms with E-state index in [4.69, 9.17) is 0 Å². The Morgan fingerprint density at radius 3 is 2.67 bits per heavy atom. The number of thioether (sulfide) groups is 1. The molecule has 0 fully saturated rings. The topological polar surface area (TPSA) is 56.3 Å². The van der Waals surface area contributed by atoms with Crippen molar-refractivity contribution in [3.8, 4) is 10.6 Å². The van der Waals surface area contributed by atoms with Crippen molar-refractivity contribution in [2.75, 3.05) is 13.4 Å². The van der Waals surface area contributed by atoms with Crippen LogP contribution in [0.15, 0.2) is 23.1 Å². The molecule has 0 saturated carbocycles. The molecule has 1 heterocycles. The molecule has 0 bridgehead atoms. The van der Waals surface area contributed by atoms with E-state index in [9.17, 15) is 14.0 Å². The lowest BCUT2D eigenvalue weighted by Crippen LogP contribution is -2.06. The fourth-order valence-electron chi connectivity index (χ4n) is 1.78. The molecule has 0 spiro atoms. The molecule has 1 aromatic heterocycles. The van der Waals surface area contributed by atoms with Crippen LogP contribution in [0.4, 0.5) is 4.39 Å². The zero-order valence-corrected chi connectivity index (χ0v) is 13.2. The summed E-state index contributed by atoms with van der Waals surface area (Å²) in [6.45, 7) is 1.33. The third-order valence-corrected chi connectivity index (χ3v) is 4.69. The number of halogens is 1. The lowest BCUT2D eigenvalue weighted by molar-refractivity contribution is 0.0591. The minimum Gasteiger partial charge on any atom is -0.464 e. The summed E-state index contributed by atoms with van der Waals surface area (Å²) in [7, 11) is 1.21. The summed E-state index contributed by atoms with van der Waals surface area (Å²) in [5, 5.41) is 0.294. The van der Waals surface area contributed by atoms with Gasteiger partial charge < -0.3 is 4.74 Å². The van der Waals surface area contributed by atoms with Crippen LogP contribution in [0, 0.1) is 5.82 Å². The van der Waals surface area contributed by atoms with Gasteiger partial charge in [-0.25, -0.2) is 14.2 Å². The smallest absolute Gasteiger partial charge is 0.358 e. The van der Waals surface area contributed by atoms with E-state index in [1.54, 1.807) is 12.1 Å². The number of hydrogen-bond donors (Lipinski definition) is 0. The van der Waals surface area contributed by atoms with Crippen LogP contribution in [0.5, 0.6) is 0 Å². The maximum Gasteiger partial charge on any atom is 0.358 e. The predicted octanol–water partition coefficient (Wildman–Crippen LogP) is 3.66. The first-order valence-electron chi connectivity index (χ1n) is 5.92. The minimum atomic E-state index is -0.704. The number of carbonyl (C=O) groups is 2. The Kier molecular flexibility index (Phi) is 4.74. The van der Waals surface area contributed by atoms with Crippen molar-refractivity contribution in [2.24, 2.45) is 0 Å². The molecule has 1 aromatic carbocycles. The molecule has 0 saturated heterocycles. The highest BCUT2D eigenvalue weighted by Gasteiger charge is 2.24. The molecule has 2 aromatic rings. The lowest BCUT2D eigenvalue weighted by atomic mass is 10.2. The van der Waals surface area contributed by atoms with Gasteiger partial charge in [-0.15, -0.1) is 23.1 Å². The van der Waals surface area contributed by atoms with Gasteiger partial charge in [0.15, 0.2) is 11.5 Å². The second kappa shape index (κ2) is 6.36. The average molecular weight is 325 g/mol. The molecule has 0 atom stereocenters. The number of nitrogens with zero attached hydrogens (tertiary/aromatic N) is 1. The highest BCUT2D eigenvalue weighted by molar-refractivity contribution is 7.98. The van der Waals surface area contributed by atoms with Crippen molar-refractivity contribution in [1.29, 1.82) is 0 Å². The summed E-state index contributed by atoms with van der Waals surface area (Å²) in [6, 6.07) is 4.68. The Balaban J connectivity index is 2.66. The number of rotatable bonds is 4. The van der Waals surface area contributed by atoms with Crippen LogP contribution in [0.25, 0.3) is 10.6 Å². The molecule has 0 unspecified atom stereocenters. The molecule has 0 aliphatic heterocycles. The van der Waals surface area contributed by atoms with Crippen molar-refractivity contribution in [2.45, 2.75) is 11.8 Å². The second-order valence-corrected chi connectivity index (χ2v) is 5.91. The van der Waals surface area contributed by atoms with Crippen molar-refractivity contribution in [3.05, 3.63) is 34.6 Å². The van der Waals surface area contributed by atoms with E-state index >= 15 is 0 Å². The monoisotopic (exact) mass is 325 g/mol. The van der Waals surface area contributed by atoms with Gasteiger partial charge in [-0.1, -0.05) is 6.07 Å². The van der Waals surface area contributed by atoms with E-state index in [1.807, 2.05) is 6.26 Å². The third-order valence-electron chi connectivity index (χ3n) is 2.73. The van der Waals surface area contributed by atoms with Gasteiger partial charge in [-0.05, 0) is 18.4 Å². The van der Waals surface area contributed by atoms with Crippen LogP contribution in [-0.2, 0) is 4.74 Å². The Morgan fingerprint density at radius 2 is 2.10 bits per heavy atom. The van der Waals surface area contributed by atoms with Crippen molar-refractivity contribution < 1.29 is 18.7 Å². The summed E-state index contributed by atoms with van der Waals surface area (Å²) in [6.07, 6.45) is 1.82.